The zero-order valence-corrected chi connectivity index (χ0v) is 17.8. The number of hydrogen-bond donors (Lipinski definition) is 1. The molecule has 0 bridgehead atoms. The number of aryl methyl sites for hydroxylation is 1. The molecule has 0 radical (unpaired) electrons. The Kier molecular flexibility index (Phi) is 7.41. The number of carbonyl (C=O) groups excluding carboxylic acids is 2. The molecule has 0 unspecified atom stereocenters. The van der Waals surface area contributed by atoms with Crippen LogP contribution in [0.1, 0.15) is 50.9 Å². The summed E-state index contributed by atoms with van der Waals surface area (Å²) >= 11 is 0. The number of hydrogen-bond acceptors (Lipinski definition) is 5. The number of rotatable bonds is 7. The molecule has 1 aliphatic heterocycles. The molecule has 0 saturated carbocycles. The van der Waals surface area contributed by atoms with Gasteiger partial charge in [-0.1, -0.05) is 6.07 Å². The first-order chi connectivity index (χ1) is 14.5. The number of benzene rings is 1. The first-order valence-electron chi connectivity index (χ1n) is 10.2. The Bertz CT molecular complexity index is 892. The lowest BCUT2D eigenvalue weighted by Crippen LogP contribution is -2.38. The molecule has 1 aromatic heterocycles. The molecule has 1 aromatic carbocycles. The number of piperidine rings is 1. The van der Waals surface area contributed by atoms with Crippen molar-refractivity contribution in [1.82, 2.24) is 15.2 Å². The summed E-state index contributed by atoms with van der Waals surface area (Å²) < 4.78 is 10.2. The highest BCUT2D eigenvalue weighted by molar-refractivity contribution is 5.96. The highest BCUT2D eigenvalue weighted by atomic mass is 16.5. The zero-order valence-electron chi connectivity index (χ0n) is 17.8. The maximum atomic E-state index is 12.9. The van der Waals surface area contributed by atoms with Crippen LogP contribution < -0.4 is 10.1 Å². The number of nitrogens with zero attached hydrogens (tertiary/aromatic N) is 2. The Morgan fingerprint density at radius 1 is 1.17 bits per heavy atom. The van der Waals surface area contributed by atoms with E-state index in [0.29, 0.717) is 43.1 Å². The van der Waals surface area contributed by atoms with Gasteiger partial charge in [0.05, 0.1) is 25.0 Å². The van der Waals surface area contributed by atoms with Crippen molar-refractivity contribution >= 4 is 11.8 Å². The number of carbonyl (C=O) groups is 2. The Balaban J connectivity index is 1.69. The van der Waals surface area contributed by atoms with Crippen LogP contribution in [0.2, 0.25) is 0 Å². The van der Waals surface area contributed by atoms with E-state index in [-0.39, 0.29) is 17.7 Å². The Morgan fingerprint density at radius 3 is 2.63 bits per heavy atom. The van der Waals surface area contributed by atoms with Crippen LogP contribution in [0.5, 0.6) is 5.75 Å². The molecule has 30 heavy (non-hydrogen) atoms. The second-order valence-electron chi connectivity index (χ2n) is 7.43. The van der Waals surface area contributed by atoms with Crippen LogP contribution in [0.4, 0.5) is 0 Å². The Labute approximate surface area is 177 Å². The molecule has 160 valence electrons. The van der Waals surface area contributed by atoms with E-state index in [2.05, 4.69) is 10.3 Å². The van der Waals surface area contributed by atoms with Gasteiger partial charge in [-0.25, -0.2) is 0 Å². The number of methoxy groups -OCH3 is 2. The van der Waals surface area contributed by atoms with Gasteiger partial charge in [0, 0.05) is 43.9 Å². The van der Waals surface area contributed by atoms with E-state index < -0.39 is 0 Å². The van der Waals surface area contributed by atoms with Gasteiger partial charge < -0.3 is 19.7 Å². The highest BCUT2D eigenvalue weighted by Gasteiger charge is 2.28. The summed E-state index contributed by atoms with van der Waals surface area (Å²) in [6, 6.07) is 10.9. The summed E-state index contributed by atoms with van der Waals surface area (Å²) in [4.78, 5) is 32.0. The summed E-state index contributed by atoms with van der Waals surface area (Å²) in [5.41, 5.74) is 2.93. The summed E-state index contributed by atoms with van der Waals surface area (Å²) in [6.45, 7) is 4.10. The molecule has 1 aliphatic rings. The van der Waals surface area contributed by atoms with Crippen molar-refractivity contribution in [2.45, 2.75) is 25.7 Å². The summed E-state index contributed by atoms with van der Waals surface area (Å²) in [5, 5.41) is 2.88. The monoisotopic (exact) mass is 411 g/mol. The lowest BCUT2D eigenvalue weighted by molar-refractivity contribution is 0.0710. The van der Waals surface area contributed by atoms with Gasteiger partial charge in [-0.3, -0.25) is 14.6 Å². The van der Waals surface area contributed by atoms with E-state index in [1.54, 1.807) is 20.3 Å². The second-order valence-corrected chi connectivity index (χ2v) is 7.43. The lowest BCUT2D eigenvalue weighted by atomic mass is 9.89. The fourth-order valence-corrected chi connectivity index (χ4v) is 3.74. The van der Waals surface area contributed by atoms with Gasteiger partial charge in [-0.2, -0.15) is 0 Å². The molecule has 0 atom stereocenters. The molecule has 0 aliphatic carbocycles. The van der Waals surface area contributed by atoms with Crippen LogP contribution in [0.15, 0.2) is 36.4 Å². The van der Waals surface area contributed by atoms with Crippen molar-refractivity contribution in [3.8, 4) is 5.75 Å². The molecule has 3 rings (SSSR count). The third-order valence-electron chi connectivity index (χ3n) is 5.39. The number of amides is 2. The van der Waals surface area contributed by atoms with Crippen LogP contribution >= 0.6 is 0 Å². The van der Waals surface area contributed by atoms with Gasteiger partial charge in [0.25, 0.3) is 11.8 Å². The number of ether oxygens (including phenoxy) is 2. The first kappa shape index (κ1) is 21.8. The van der Waals surface area contributed by atoms with Crippen LogP contribution in [0, 0.1) is 6.92 Å². The van der Waals surface area contributed by atoms with Crippen LogP contribution in [-0.2, 0) is 4.74 Å². The molecular weight excluding hydrogens is 382 g/mol. The van der Waals surface area contributed by atoms with Crippen LogP contribution in [0.25, 0.3) is 0 Å². The van der Waals surface area contributed by atoms with Gasteiger partial charge in [0.15, 0.2) is 0 Å². The first-order valence-corrected chi connectivity index (χ1v) is 10.2. The molecule has 1 N–H and O–H groups in total. The molecule has 2 heterocycles. The third kappa shape index (κ3) is 5.16. The normalized spacial score (nSPS) is 14.4. The van der Waals surface area contributed by atoms with E-state index in [1.165, 1.54) is 0 Å². The van der Waals surface area contributed by atoms with Crippen molar-refractivity contribution in [2.75, 3.05) is 40.5 Å². The second kappa shape index (κ2) is 10.2. The predicted octanol–water partition coefficient (Wildman–Crippen LogP) is 2.79. The van der Waals surface area contributed by atoms with Gasteiger partial charge in [0.1, 0.15) is 5.75 Å². The van der Waals surface area contributed by atoms with Gasteiger partial charge in [0.2, 0.25) is 0 Å². The zero-order chi connectivity index (χ0) is 21.5. The Morgan fingerprint density at radius 2 is 1.93 bits per heavy atom. The van der Waals surface area contributed by atoms with E-state index in [0.717, 1.165) is 24.2 Å². The number of likely N-dealkylation sites (tertiary alicyclic amines) is 1. The van der Waals surface area contributed by atoms with Crippen molar-refractivity contribution in [1.29, 1.82) is 0 Å². The maximum absolute atomic E-state index is 12.9. The standard InChI is InChI=1S/C23H29N3O4/c1-16-7-8-20(22(27)24-11-14-29-2)21(25-16)17-9-12-26(13-10-17)23(28)18-5-4-6-19(15-18)30-3/h4-8,15,17H,9-14H2,1-3H3,(H,24,27). The quantitative estimate of drug-likeness (QED) is 0.709. The van der Waals surface area contributed by atoms with Crippen molar-refractivity contribution in [3.63, 3.8) is 0 Å². The molecule has 7 nitrogen and oxygen atoms in total. The number of pyridine rings is 1. The minimum absolute atomic E-state index is 0.00193. The fraction of sp³-hybridized carbons (Fsp3) is 0.435. The van der Waals surface area contributed by atoms with E-state index in [4.69, 9.17) is 9.47 Å². The highest BCUT2D eigenvalue weighted by Crippen LogP contribution is 2.30. The summed E-state index contributed by atoms with van der Waals surface area (Å²) in [7, 11) is 3.19. The Hall–Kier alpha value is -2.93. The number of aromatic nitrogens is 1. The molecule has 1 saturated heterocycles. The third-order valence-corrected chi connectivity index (χ3v) is 5.39. The van der Waals surface area contributed by atoms with Crippen LogP contribution in [-0.4, -0.2) is 62.2 Å². The minimum atomic E-state index is -0.135. The molecule has 0 spiro atoms. The van der Waals surface area contributed by atoms with Gasteiger partial charge in [-0.15, -0.1) is 0 Å². The van der Waals surface area contributed by atoms with Gasteiger partial charge >= 0.3 is 0 Å². The molecule has 2 amide bonds. The SMILES string of the molecule is COCCNC(=O)c1ccc(C)nc1C1CCN(C(=O)c2cccc(OC)c2)CC1. The van der Waals surface area contributed by atoms with Crippen molar-refractivity contribution in [3.05, 3.63) is 58.9 Å². The average molecular weight is 412 g/mol. The predicted molar refractivity (Wildman–Crippen MR) is 114 cm³/mol. The minimum Gasteiger partial charge on any atom is -0.497 e. The largest absolute Gasteiger partial charge is 0.497 e. The smallest absolute Gasteiger partial charge is 0.253 e. The van der Waals surface area contributed by atoms with Crippen molar-refractivity contribution < 1.29 is 19.1 Å². The number of nitrogens with one attached hydrogen (secondary N) is 1. The van der Waals surface area contributed by atoms with E-state index >= 15 is 0 Å². The molecule has 2 aromatic rings. The average Bonchev–Trinajstić information content (AvgIpc) is 2.78. The topological polar surface area (TPSA) is 80.8 Å². The van der Waals surface area contributed by atoms with Crippen LogP contribution in [0.3, 0.4) is 0 Å². The summed E-state index contributed by atoms with van der Waals surface area (Å²) in [5.74, 6) is 0.678. The van der Waals surface area contributed by atoms with E-state index in [1.807, 2.05) is 42.2 Å². The van der Waals surface area contributed by atoms with Crippen molar-refractivity contribution in [2.24, 2.45) is 0 Å². The summed E-state index contributed by atoms with van der Waals surface area (Å²) in [6.07, 6.45) is 1.54. The molecule has 7 heteroatoms. The maximum Gasteiger partial charge on any atom is 0.253 e. The lowest BCUT2D eigenvalue weighted by Gasteiger charge is -2.32. The van der Waals surface area contributed by atoms with Gasteiger partial charge in [-0.05, 0) is 50.1 Å². The molecular formula is C23H29N3O4. The fourth-order valence-electron chi connectivity index (χ4n) is 3.74. The molecule has 1 fully saturated rings. The van der Waals surface area contributed by atoms with E-state index in [9.17, 15) is 9.59 Å².